The van der Waals surface area contributed by atoms with Crippen LogP contribution in [0.1, 0.15) is 26.7 Å². The lowest BCUT2D eigenvalue weighted by Gasteiger charge is -2.20. The molecule has 0 saturated carbocycles. The summed E-state index contributed by atoms with van der Waals surface area (Å²) in [5, 5.41) is 12.7. The third-order valence-corrected chi connectivity index (χ3v) is 1.95. The summed E-state index contributed by atoms with van der Waals surface area (Å²) in [5.74, 6) is 0.694. The first-order chi connectivity index (χ1) is 4.58. The van der Waals surface area contributed by atoms with Crippen molar-refractivity contribution in [2.24, 2.45) is 5.92 Å². The lowest BCUT2D eigenvalue weighted by atomic mass is 9.93. The molecule has 2 nitrogen and oxygen atoms in total. The molecular weight excluding hydrogens is 126 g/mol. The lowest BCUT2D eigenvalue weighted by Crippen LogP contribution is -2.24. The molecule has 0 bridgehead atoms. The van der Waals surface area contributed by atoms with E-state index in [-0.39, 0.29) is 0 Å². The number of hydrogen-bond donors (Lipinski definition) is 2. The van der Waals surface area contributed by atoms with E-state index in [1.54, 1.807) is 0 Å². The summed E-state index contributed by atoms with van der Waals surface area (Å²) in [6.07, 6.45) is 2.16. The molecule has 0 aliphatic carbocycles. The van der Waals surface area contributed by atoms with Gasteiger partial charge in [-0.2, -0.15) is 0 Å². The smallest absolute Gasteiger partial charge is 0.0594 e. The predicted octanol–water partition coefficient (Wildman–Crippen LogP) is 0.757. The van der Waals surface area contributed by atoms with Gasteiger partial charge in [0.15, 0.2) is 0 Å². The quantitative estimate of drug-likeness (QED) is 0.598. The van der Waals surface area contributed by atoms with Crippen LogP contribution in [0.25, 0.3) is 0 Å². The van der Waals surface area contributed by atoms with Gasteiger partial charge in [-0.05, 0) is 45.7 Å². The maximum absolute atomic E-state index is 9.45. The van der Waals surface area contributed by atoms with Crippen LogP contribution in [0.5, 0.6) is 0 Å². The second kappa shape index (κ2) is 2.89. The normalized spacial score (nSPS) is 27.3. The van der Waals surface area contributed by atoms with E-state index >= 15 is 0 Å². The fourth-order valence-electron chi connectivity index (χ4n) is 1.60. The van der Waals surface area contributed by atoms with Gasteiger partial charge in [-0.15, -0.1) is 0 Å². The molecule has 60 valence electrons. The minimum atomic E-state index is -0.476. The van der Waals surface area contributed by atoms with E-state index < -0.39 is 5.60 Å². The van der Waals surface area contributed by atoms with E-state index in [4.69, 9.17) is 0 Å². The van der Waals surface area contributed by atoms with Gasteiger partial charge < -0.3 is 10.4 Å². The zero-order valence-electron chi connectivity index (χ0n) is 6.85. The highest BCUT2D eigenvalue weighted by Crippen LogP contribution is 2.20. The van der Waals surface area contributed by atoms with Crippen LogP contribution in [-0.4, -0.2) is 23.8 Å². The van der Waals surface area contributed by atoms with Crippen molar-refractivity contribution in [1.29, 1.82) is 0 Å². The molecular formula is C8H17NO. The average molecular weight is 143 g/mol. The third kappa shape index (κ3) is 2.67. The van der Waals surface area contributed by atoms with Crippen LogP contribution in [0.15, 0.2) is 0 Å². The van der Waals surface area contributed by atoms with E-state index in [0.717, 1.165) is 19.5 Å². The molecule has 0 aromatic heterocycles. The van der Waals surface area contributed by atoms with Crippen molar-refractivity contribution in [2.75, 3.05) is 13.1 Å². The van der Waals surface area contributed by atoms with Gasteiger partial charge in [-0.25, -0.2) is 0 Å². The Morgan fingerprint density at radius 1 is 1.60 bits per heavy atom. The lowest BCUT2D eigenvalue weighted by molar-refractivity contribution is 0.0554. The van der Waals surface area contributed by atoms with Crippen LogP contribution in [-0.2, 0) is 0 Å². The fourth-order valence-corrected chi connectivity index (χ4v) is 1.60. The van der Waals surface area contributed by atoms with Crippen molar-refractivity contribution >= 4 is 0 Å². The molecule has 1 rings (SSSR count). The monoisotopic (exact) mass is 143 g/mol. The molecule has 0 aromatic rings. The van der Waals surface area contributed by atoms with Gasteiger partial charge in [0.2, 0.25) is 0 Å². The van der Waals surface area contributed by atoms with Gasteiger partial charge in [0.25, 0.3) is 0 Å². The Bertz CT molecular complexity index is 100. The first kappa shape index (κ1) is 8.02. The molecule has 1 atom stereocenters. The van der Waals surface area contributed by atoms with Crippen molar-refractivity contribution in [2.45, 2.75) is 32.3 Å². The molecule has 10 heavy (non-hydrogen) atoms. The molecule has 1 aliphatic heterocycles. The van der Waals surface area contributed by atoms with Crippen molar-refractivity contribution in [3.05, 3.63) is 0 Å². The number of hydrogen-bond acceptors (Lipinski definition) is 2. The Labute approximate surface area is 62.6 Å². The second-order valence-electron chi connectivity index (χ2n) is 3.88. The number of nitrogens with one attached hydrogen (secondary N) is 1. The summed E-state index contributed by atoms with van der Waals surface area (Å²) in [4.78, 5) is 0. The van der Waals surface area contributed by atoms with Crippen molar-refractivity contribution in [3.8, 4) is 0 Å². The first-order valence-electron chi connectivity index (χ1n) is 4.01. The van der Waals surface area contributed by atoms with E-state index in [0.29, 0.717) is 5.92 Å². The molecule has 2 heteroatoms. The molecule has 2 N–H and O–H groups in total. The summed E-state index contributed by atoms with van der Waals surface area (Å²) in [6, 6.07) is 0. The van der Waals surface area contributed by atoms with Gasteiger partial charge in [0, 0.05) is 0 Å². The highest BCUT2D eigenvalue weighted by molar-refractivity contribution is 4.77. The predicted molar refractivity (Wildman–Crippen MR) is 41.9 cm³/mol. The molecule has 0 spiro atoms. The Balaban J connectivity index is 2.24. The number of rotatable bonds is 2. The van der Waals surface area contributed by atoms with Gasteiger partial charge in [0.05, 0.1) is 5.60 Å². The second-order valence-corrected chi connectivity index (χ2v) is 3.88. The van der Waals surface area contributed by atoms with Crippen molar-refractivity contribution < 1.29 is 5.11 Å². The first-order valence-corrected chi connectivity index (χ1v) is 4.01. The Hall–Kier alpha value is -0.0800. The van der Waals surface area contributed by atoms with Gasteiger partial charge in [-0.3, -0.25) is 0 Å². The van der Waals surface area contributed by atoms with E-state index in [2.05, 4.69) is 5.32 Å². The highest BCUT2D eigenvalue weighted by atomic mass is 16.3. The van der Waals surface area contributed by atoms with Crippen LogP contribution in [0.4, 0.5) is 0 Å². The van der Waals surface area contributed by atoms with E-state index in [1.807, 2.05) is 13.8 Å². The third-order valence-electron chi connectivity index (χ3n) is 1.95. The van der Waals surface area contributed by atoms with E-state index in [9.17, 15) is 5.11 Å². The topological polar surface area (TPSA) is 32.3 Å². The van der Waals surface area contributed by atoms with Crippen molar-refractivity contribution in [1.82, 2.24) is 5.32 Å². The van der Waals surface area contributed by atoms with Crippen LogP contribution in [0, 0.1) is 5.92 Å². The maximum Gasteiger partial charge on any atom is 0.0594 e. The molecule has 1 saturated heterocycles. The summed E-state index contributed by atoms with van der Waals surface area (Å²) >= 11 is 0. The maximum atomic E-state index is 9.45. The van der Waals surface area contributed by atoms with Crippen LogP contribution >= 0.6 is 0 Å². The van der Waals surface area contributed by atoms with Gasteiger partial charge in [0.1, 0.15) is 0 Å². The highest BCUT2D eigenvalue weighted by Gasteiger charge is 2.22. The summed E-state index contributed by atoms with van der Waals surface area (Å²) in [7, 11) is 0. The fraction of sp³-hybridized carbons (Fsp3) is 1.00. The molecule has 1 heterocycles. The standard InChI is InChI=1S/C8H17NO/c1-8(2,10)5-7-3-4-9-6-7/h7,9-10H,3-6H2,1-2H3. The summed E-state index contributed by atoms with van der Waals surface area (Å²) < 4.78 is 0. The van der Waals surface area contributed by atoms with E-state index in [1.165, 1.54) is 6.42 Å². The zero-order chi connectivity index (χ0) is 7.61. The summed E-state index contributed by atoms with van der Waals surface area (Å²) in [6.45, 7) is 5.97. The van der Waals surface area contributed by atoms with Crippen LogP contribution in [0.3, 0.4) is 0 Å². The largest absolute Gasteiger partial charge is 0.390 e. The summed E-state index contributed by atoms with van der Waals surface area (Å²) in [5.41, 5.74) is -0.476. The minimum Gasteiger partial charge on any atom is -0.390 e. The van der Waals surface area contributed by atoms with Crippen molar-refractivity contribution in [3.63, 3.8) is 0 Å². The molecule has 0 radical (unpaired) electrons. The van der Waals surface area contributed by atoms with Crippen LogP contribution in [0.2, 0.25) is 0 Å². The van der Waals surface area contributed by atoms with Crippen LogP contribution < -0.4 is 5.32 Å². The Morgan fingerprint density at radius 3 is 2.70 bits per heavy atom. The molecule has 1 unspecified atom stereocenters. The average Bonchev–Trinajstić information content (AvgIpc) is 2.12. The SMILES string of the molecule is CC(C)(O)CC1CCNC1. The zero-order valence-corrected chi connectivity index (χ0v) is 6.85. The van der Waals surface area contributed by atoms with Gasteiger partial charge in [-0.1, -0.05) is 0 Å². The molecule has 1 aliphatic rings. The minimum absolute atomic E-state index is 0.476. The number of aliphatic hydroxyl groups is 1. The van der Waals surface area contributed by atoms with Gasteiger partial charge >= 0.3 is 0 Å². The Morgan fingerprint density at radius 2 is 2.30 bits per heavy atom. The molecule has 1 fully saturated rings. The molecule has 0 amide bonds. The molecule has 0 aromatic carbocycles. The Kier molecular flexibility index (Phi) is 2.32.